The molecule has 7 nitrogen and oxygen atoms in total. The highest BCUT2D eigenvalue weighted by atomic mass is 16.3. The molecule has 0 amide bonds. The lowest BCUT2D eigenvalue weighted by atomic mass is 10.1. The fraction of sp³-hybridized carbons (Fsp3) is 0.300. The van der Waals surface area contributed by atoms with Crippen LogP contribution in [0.4, 0.5) is 5.82 Å². The lowest BCUT2D eigenvalue weighted by Gasteiger charge is -2.19. The third kappa shape index (κ3) is 2.67. The van der Waals surface area contributed by atoms with Gasteiger partial charge in [0.1, 0.15) is 17.6 Å². The van der Waals surface area contributed by atoms with Crippen molar-refractivity contribution in [2.75, 3.05) is 5.32 Å². The van der Waals surface area contributed by atoms with Crippen LogP contribution in [0.2, 0.25) is 0 Å². The van der Waals surface area contributed by atoms with Gasteiger partial charge in [-0.25, -0.2) is 4.98 Å². The molecule has 4 N–H and O–H groups in total. The highest BCUT2D eigenvalue weighted by Crippen LogP contribution is 2.29. The number of hydrogen-bond acceptors (Lipinski definition) is 5. The molecule has 0 aliphatic heterocycles. The summed E-state index contributed by atoms with van der Waals surface area (Å²) >= 11 is 0. The van der Waals surface area contributed by atoms with Gasteiger partial charge in [-0.2, -0.15) is 9.61 Å². The number of aliphatic hydroxyl groups is 2. The fourth-order valence-corrected chi connectivity index (χ4v) is 3.94. The molecule has 27 heavy (non-hydrogen) atoms. The Morgan fingerprint density at radius 1 is 1.15 bits per heavy atom. The molecule has 1 aliphatic rings. The molecule has 0 bridgehead atoms. The summed E-state index contributed by atoms with van der Waals surface area (Å²) in [6, 6.07) is 13.7. The largest absolute Gasteiger partial charge is 0.390 e. The van der Waals surface area contributed by atoms with E-state index in [2.05, 4.69) is 27.4 Å². The van der Waals surface area contributed by atoms with E-state index in [9.17, 15) is 10.2 Å². The third-order valence-electron chi connectivity index (χ3n) is 5.47. The Kier molecular flexibility index (Phi) is 3.66. The van der Waals surface area contributed by atoms with Gasteiger partial charge in [-0.15, -0.1) is 0 Å². The predicted octanol–water partition coefficient (Wildman–Crippen LogP) is 2.42. The van der Waals surface area contributed by atoms with Crippen LogP contribution in [-0.4, -0.2) is 48.0 Å². The number of nitrogens with one attached hydrogen (secondary N) is 2. The molecular weight excluding hydrogens is 342 g/mol. The van der Waals surface area contributed by atoms with E-state index in [1.54, 1.807) is 10.7 Å². The molecule has 3 aromatic heterocycles. The molecule has 138 valence electrons. The van der Waals surface area contributed by atoms with Gasteiger partial charge in [-0.1, -0.05) is 25.1 Å². The number of para-hydroxylation sites is 1. The molecule has 5 rings (SSSR count). The first-order valence-corrected chi connectivity index (χ1v) is 9.16. The number of hydrogen-bond donors (Lipinski definition) is 4. The first kappa shape index (κ1) is 16.3. The van der Waals surface area contributed by atoms with Crippen LogP contribution in [-0.2, 0) is 0 Å². The van der Waals surface area contributed by atoms with E-state index in [4.69, 9.17) is 5.10 Å². The van der Waals surface area contributed by atoms with Gasteiger partial charge in [-0.05, 0) is 30.5 Å². The minimum absolute atomic E-state index is 0.0503. The van der Waals surface area contributed by atoms with Crippen LogP contribution in [0.1, 0.15) is 13.3 Å². The zero-order valence-electron chi connectivity index (χ0n) is 14.9. The van der Waals surface area contributed by atoms with E-state index < -0.39 is 12.2 Å². The average molecular weight is 363 g/mol. The van der Waals surface area contributed by atoms with Crippen LogP contribution in [0.3, 0.4) is 0 Å². The van der Waals surface area contributed by atoms with Crippen molar-refractivity contribution in [3.05, 3.63) is 48.7 Å². The molecule has 3 heterocycles. The fourth-order valence-electron chi connectivity index (χ4n) is 3.94. The molecule has 4 atom stereocenters. The number of aliphatic hydroxyl groups excluding tert-OH is 2. The monoisotopic (exact) mass is 363 g/mol. The highest BCUT2D eigenvalue weighted by molar-refractivity contribution is 5.85. The first-order chi connectivity index (χ1) is 13.1. The van der Waals surface area contributed by atoms with Gasteiger partial charge in [0.25, 0.3) is 0 Å². The van der Waals surface area contributed by atoms with Crippen molar-refractivity contribution < 1.29 is 10.2 Å². The number of rotatable bonds is 3. The van der Waals surface area contributed by atoms with Crippen LogP contribution in [0, 0.1) is 5.92 Å². The summed E-state index contributed by atoms with van der Waals surface area (Å²) in [5, 5.41) is 29.4. The van der Waals surface area contributed by atoms with Gasteiger partial charge in [0.2, 0.25) is 0 Å². The Balaban J connectivity index is 1.52. The lowest BCUT2D eigenvalue weighted by molar-refractivity contribution is 0.0210. The maximum atomic E-state index is 10.3. The molecule has 0 unspecified atom stereocenters. The second kappa shape index (κ2) is 6.07. The summed E-state index contributed by atoms with van der Waals surface area (Å²) in [5.74, 6) is 0.794. The zero-order valence-corrected chi connectivity index (χ0v) is 14.9. The Hall–Kier alpha value is -2.90. The zero-order chi connectivity index (χ0) is 18.5. The highest BCUT2D eigenvalue weighted by Gasteiger charge is 2.39. The van der Waals surface area contributed by atoms with Crippen LogP contribution in [0.15, 0.2) is 48.7 Å². The van der Waals surface area contributed by atoms with Crippen LogP contribution >= 0.6 is 0 Å². The van der Waals surface area contributed by atoms with Crippen molar-refractivity contribution in [2.45, 2.75) is 31.6 Å². The molecule has 1 aromatic carbocycles. The van der Waals surface area contributed by atoms with Crippen LogP contribution < -0.4 is 5.32 Å². The van der Waals surface area contributed by atoms with E-state index in [0.717, 1.165) is 33.8 Å². The van der Waals surface area contributed by atoms with Gasteiger partial charge < -0.3 is 20.5 Å². The molecule has 1 aliphatic carbocycles. The van der Waals surface area contributed by atoms with E-state index in [1.165, 1.54) is 0 Å². The Labute approximate surface area is 155 Å². The minimum atomic E-state index is -0.799. The molecule has 0 radical (unpaired) electrons. The standard InChI is InChI=1S/C20H21N5O2/c1-11-8-16(20(27)19(11)26)23-17-6-7-21-18-10-15(24-25(17)18)14-9-12-4-2-3-5-13(12)22-14/h2-7,9-11,16,19-20,22-23,26-27H,8H2,1H3/t11-,16-,19-,20+/m1/s1. The quantitative estimate of drug-likeness (QED) is 0.448. The number of nitrogens with zero attached hydrogens (tertiary/aromatic N) is 3. The smallest absolute Gasteiger partial charge is 0.157 e. The summed E-state index contributed by atoms with van der Waals surface area (Å²) < 4.78 is 1.74. The van der Waals surface area contributed by atoms with E-state index in [-0.39, 0.29) is 12.0 Å². The molecular formula is C20H21N5O2. The van der Waals surface area contributed by atoms with Gasteiger partial charge in [0.15, 0.2) is 5.65 Å². The lowest BCUT2D eigenvalue weighted by Crippen LogP contribution is -2.35. The van der Waals surface area contributed by atoms with E-state index in [0.29, 0.717) is 6.42 Å². The van der Waals surface area contributed by atoms with Gasteiger partial charge in [0.05, 0.1) is 17.8 Å². The Morgan fingerprint density at radius 2 is 2.00 bits per heavy atom. The van der Waals surface area contributed by atoms with Crippen molar-refractivity contribution in [1.29, 1.82) is 0 Å². The third-order valence-corrected chi connectivity index (χ3v) is 5.47. The van der Waals surface area contributed by atoms with Gasteiger partial charge in [0, 0.05) is 23.2 Å². The van der Waals surface area contributed by atoms with Crippen molar-refractivity contribution in [1.82, 2.24) is 19.6 Å². The molecule has 4 aromatic rings. The van der Waals surface area contributed by atoms with Crippen LogP contribution in [0.25, 0.3) is 27.9 Å². The molecule has 1 fully saturated rings. The molecule has 0 saturated heterocycles. The number of aromatic amines is 1. The normalized spacial score (nSPS) is 25.4. The minimum Gasteiger partial charge on any atom is -0.390 e. The number of fused-ring (bicyclic) bond motifs is 2. The maximum Gasteiger partial charge on any atom is 0.157 e. The Bertz CT molecular complexity index is 1080. The van der Waals surface area contributed by atoms with Gasteiger partial charge >= 0.3 is 0 Å². The SMILES string of the molecule is C[C@@H]1C[C@@H](Nc2ccnc3cc(-c4cc5ccccc5[nH]4)nn23)[C@H](O)[C@@H]1O. The van der Waals surface area contributed by atoms with Crippen LogP contribution in [0.5, 0.6) is 0 Å². The Morgan fingerprint density at radius 3 is 2.78 bits per heavy atom. The summed E-state index contributed by atoms with van der Waals surface area (Å²) in [4.78, 5) is 7.79. The number of anilines is 1. The molecule has 7 heteroatoms. The topological polar surface area (TPSA) is 98.5 Å². The van der Waals surface area contributed by atoms with Crippen molar-refractivity contribution in [3.8, 4) is 11.4 Å². The number of H-pyrrole nitrogens is 1. The van der Waals surface area contributed by atoms with E-state index >= 15 is 0 Å². The summed E-state index contributed by atoms with van der Waals surface area (Å²) in [6.45, 7) is 1.94. The second-order valence-corrected chi connectivity index (χ2v) is 7.34. The van der Waals surface area contributed by atoms with Crippen molar-refractivity contribution in [2.24, 2.45) is 5.92 Å². The molecule has 0 spiro atoms. The second-order valence-electron chi connectivity index (χ2n) is 7.34. The number of aromatic nitrogens is 4. The van der Waals surface area contributed by atoms with Gasteiger partial charge in [-0.3, -0.25) is 0 Å². The predicted molar refractivity (Wildman–Crippen MR) is 103 cm³/mol. The summed E-state index contributed by atoms with van der Waals surface area (Å²) in [7, 11) is 0. The van der Waals surface area contributed by atoms with Crippen molar-refractivity contribution >= 4 is 22.4 Å². The average Bonchev–Trinajstić information content (AvgIpc) is 3.35. The van der Waals surface area contributed by atoms with E-state index in [1.807, 2.05) is 37.3 Å². The summed E-state index contributed by atoms with van der Waals surface area (Å²) in [5.41, 5.74) is 3.51. The molecule has 1 saturated carbocycles. The number of benzene rings is 1. The maximum absolute atomic E-state index is 10.3. The summed E-state index contributed by atoms with van der Waals surface area (Å²) in [6.07, 6.45) is 0.906. The first-order valence-electron chi connectivity index (χ1n) is 9.16. The van der Waals surface area contributed by atoms with Crippen molar-refractivity contribution in [3.63, 3.8) is 0 Å².